The van der Waals surface area contributed by atoms with Crippen molar-refractivity contribution in [2.45, 2.75) is 33.4 Å². The summed E-state index contributed by atoms with van der Waals surface area (Å²) in [6.07, 6.45) is 0. The number of nitrogens with one attached hydrogen (secondary N) is 1. The summed E-state index contributed by atoms with van der Waals surface area (Å²) < 4.78 is 0. The van der Waals surface area contributed by atoms with Crippen molar-refractivity contribution in [1.29, 1.82) is 0 Å². The highest BCUT2D eigenvalue weighted by Gasteiger charge is 2.06. The van der Waals surface area contributed by atoms with Gasteiger partial charge in [-0.3, -0.25) is 0 Å². The molecule has 1 aromatic heterocycles. The third-order valence-corrected chi connectivity index (χ3v) is 3.60. The highest BCUT2D eigenvalue weighted by Crippen LogP contribution is 2.27. The van der Waals surface area contributed by atoms with E-state index in [1.807, 2.05) is 0 Å². The Hall–Kier alpha value is -1.12. The van der Waals surface area contributed by atoms with Crippen molar-refractivity contribution in [3.63, 3.8) is 0 Å². The topological polar surface area (TPSA) is 12.0 Å². The van der Waals surface area contributed by atoms with Crippen molar-refractivity contribution in [3.05, 3.63) is 46.2 Å². The van der Waals surface area contributed by atoms with Crippen LogP contribution in [0.3, 0.4) is 0 Å². The normalized spacial score (nSPS) is 11.1. The molecule has 90 valence electrons. The van der Waals surface area contributed by atoms with Crippen LogP contribution in [0.5, 0.6) is 0 Å². The van der Waals surface area contributed by atoms with Crippen LogP contribution >= 0.6 is 11.3 Å². The zero-order valence-electron chi connectivity index (χ0n) is 10.7. The molecule has 0 spiro atoms. The summed E-state index contributed by atoms with van der Waals surface area (Å²) in [6, 6.07) is 9.28. The van der Waals surface area contributed by atoms with Crippen LogP contribution in [0.15, 0.2) is 35.0 Å². The molecule has 0 atom stereocenters. The minimum Gasteiger partial charge on any atom is -0.310 e. The molecule has 2 heteroatoms. The smallest absolute Gasteiger partial charge is 0.0222 e. The number of hydrogen-bond acceptors (Lipinski definition) is 2. The van der Waals surface area contributed by atoms with Gasteiger partial charge in [0, 0.05) is 12.6 Å². The van der Waals surface area contributed by atoms with Gasteiger partial charge in [-0.25, -0.2) is 0 Å². The minimum atomic E-state index is 0.528. The van der Waals surface area contributed by atoms with Crippen molar-refractivity contribution in [2.24, 2.45) is 0 Å². The van der Waals surface area contributed by atoms with Gasteiger partial charge in [0.25, 0.3) is 0 Å². The van der Waals surface area contributed by atoms with Crippen LogP contribution in [0.2, 0.25) is 0 Å². The SMILES string of the molecule is Cc1ccc(-c2cscc2CNC(C)C)cc1. The Morgan fingerprint density at radius 3 is 2.47 bits per heavy atom. The fourth-order valence-electron chi connectivity index (χ4n) is 1.76. The Balaban J connectivity index is 2.21. The Kier molecular flexibility index (Phi) is 3.97. The zero-order valence-corrected chi connectivity index (χ0v) is 11.5. The molecule has 2 aromatic rings. The third-order valence-electron chi connectivity index (χ3n) is 2.81. The first kappa shape index (κ1) is 12.3. The lowest BCUT2D eigenvalue weighted by Gasteiger charge is -2.09. The van der Waals surface area contributed by atoms with E-state index >= 15 is 0 Å². The van der Waals surface area contributed by atoms with E-state index in [9.17, 15) is 0 Å². The van der Waals surface area contributed by atoms with Crippen LogP contribution in [-0.2, 0) is 6.54 Å². The Labute approximate surface area is 108 Å². The molecule has 0 amide bonds. The Morgan fingerprint density at radius 1 is 1.12 bits per heavy atom. The Bertz CT molecular complexity index is 468. The molecular weight excluding hydrogens is 226 g/mol. The number of aryl methyl sites for hydroxylation is 1. The van der Waals surface area contributed by atoms with Crippen molar-refractivity contribution in [2.75, 3.05) is 0 Å². The van der Waals surface area contributed by atoms with E-state index in [-0.39, 0.29) is 0 Å². The molecule has 0 aliphatic rings. The average molecular weight is 245 g/mol. The molecule has 0 aliphatic carbocycles. The molecule has 1 N–H and O–H groups in total. The maximum absolute atomic E-state index is 3.48. The lowest BCUT2D eigenvalue weighted by atomic mass is 10.0. The first-order valence-corrected chi connectivity index (χ1v) is 6.96. The van der Waals surface area contributed by atoms with E-state index < -0.39 is 0 Å². The van der Waals surface area contributed by atoms with Crippen molar-refractivity contribution in [1.82, 2.24) is 5.32 Å². The second-order valence-corrected chi connectivity index (χ2v) is 5.46. The monoisotopic (exact) mass is 245 g/mol. The average Bonchev–Trinajstić information content (AvgIpc) is 2.75. The van der Waals surface area contributed by atoms with Gasteiger partial charge in [0.15, 0.2) is 0 Å². The summed E-state index contributed by atoms with van der Waals surface area (Å²) in [5.74, 6) is 0. The van der Waals surface area contributed by atoms with E-state index in [1.165, 1.54) is 22.3 Å². The van der Waals surface area contributed by atoms with E-state index in [1.54, 1.807) is 11.3 Å². The first-order chi connectivity index (χ1) is 8.16. The predicted molar refractivity (Wildman–Crippen MR) is 76.5 cm³/mol. The third kappa shape index (κ3) is 3.18. The lowest BCUT2D eigenvalue weighted by Crippen LogP contribution is -2.21. The Morgan fingerprint density at radius 2 is 1.82 bits per heavy atom. The number of hydrogen-bond donors (Lipinski definition) is 1. The van der Waals surface area contributed by atoms with Gasteiger partial charge < -0.3 is 5.32 Å². The van der Waals surface area contributed by atoms with Crippen LogP contribution in [0.4, 0.5) is 0 Å². The molecule has 0 unspecified atom stereocenters. The molecule has 1 heterocycles. The van der Waals surface area contributed by atoms with Crippen LogP contribution in [0.25, 0.3) is 11.1 Å². The molecule has 0 radical (unpaired) electrons. The molecule has 0 saturated carbocycles. The molecule has 1 nitrogen and oxygen atoms in total. The summed E-state index contributed by atoms with van der Waals surface area (Å²) in [7, 11) is 0. The molecule has 2 rings (SSSR count). The number of thiophene rings is 1. The van der Waals surface area contributed by atoms with Crippen molar-refractivity contribution >= 4 is 11.3 Å². The summed E-state index contributed by atoms with van der Waals surface area (Å²) in [6.45, 7) is 7.43. The van der Waals surface area contributed by atoms with Gasteiger partial charge in [-0.05, 0) is 34.4 Å². The van der Waals surface area contributed by atoms with E-state index in [0.717, 1.165) is 6.54 Å². The molecular formula is C15H19NS. The van der Waals surface area contributed by atoms with Gasteiger partial charge in [-0.1, -0.05) is 43.7 Å². The maximum Gasteiger partial charge on any atom is 0.0222 e. The number of benzene rings is 1. The van der Waals surface area contributed by atoms with E-state index in [4.69, 9.17) is 0 Å². The van der Waals surface area contributed by atoms with Gasteiger partial charge in [0.1, 0.15) is 0 Å². The van der Waals surface area contributed by atoms with E-state index in [0.29, 0.717) is 6.04 Å². The van der Waals surface area contributed by atoms with Crippen molar-refractivity contribution in [3.8, 4) is 11.1 Å². The summed E-state index contributed by atoms with van der Waals surface area (Å²) in [5, 5.41) is 7.95. The van der Waals surface area contributed by atoms with Crippen LogP contribution in [0.1, 0.15) is 25.0 Å². The molecule has 0 saturated heterocycles. The quantitative estimate of drug-likeness (QED) is 0.850. The number of rotatable bonds is 4. The molecule has 0 aliphatic heterocycles. The highest BCUT2D eigenvalue weighted by atomic mass is 32.1. The first-order valence-electron chi connectivity index (χ1n) is 6.02. The fourth-order valence-corrected chi connectivity index (χ4v) is 2.63. The minimum absolute atomic E-state index is 0.528. The highest BCUT2D eigenvalue weighted by molar-refractivity contribution is 7.08. The van der Waals surface area contributed by atoms with E-state index in [2.05, 4.69) is 61.1 Å². The molecule has 0 bridgehead atoms. The van der Waals surface area contributed by atoms with Crippen LogP contribution < -0.4 is 5.32 Å². The fraction of sp³-hybridized carbons (Fsp3) is 0.333. The molecule has 0 fully saturated rings. The zero-order chi connectivity index (χ0) is 12.3. The summed E-state index contributed by atoms with van der Waals surface area (Å²) >= 11 is 1.78. The van der Waals surface area contributed by atoms with Gasteiger partial charge in [-0.2, -0.15) is 11.3 Å². The molecule has 1 aromatic carbocycles. The lowest BCUT2D eigenvalue weighted by molar-refractivity contribution is 0.590. The van der Waals surface area contributed by atoms with Crippen molar-refractivity contribution < 1.29 is 0 Å². The van der Waals surface area contributed by atoms with Gasteiger partial charge in [0.05, 0.1) is 0 Å². The maximum atomic E-state index is 3.48. The predicted octanol–water partition coefficient (Wildman–Crippen LogP) is 4.22. The van der Waals surface area contributed by atoms with Gasteiger partial charge >= 0.3 is 0 Å². The van der Waals surface area contributed by atoms with Gasteiger partial charge in [-0.15, -0.1) is 0 Å². The van der Waals surface area contributed by atoms with Crippen LogP contribution in [-0.4, -0.2) is 6.04 Å². The summed E-state index contributed by atoms with van der Waals surface area (Å²) in [5.41, 5.74) is 5.39. The second kappa shape index (κ2) is 5.48. The summed E-state index contributed by atoms with van der Waals surface area (Å²) in [4.78, 5) is 0. The largest absolute Gasteiger partial charge is 0.310 e. The van der Waals surface area contributed by atoms with Crippen LogP contribution in [0, 0.1) is 6.92 Å². The van der Waals surface area contributed by atoms with Gasteiger partial charge in [0.2, 0.25) is 0 Å². The second-order valence-electron chi connectivity index (χ2n) is 4.71. The standard InChI is InChI=1S/C15H19NS/c1-11(2)16-8-14-9-17-10-15(14)13-6-4-12(3)5-7-13/h4-7,9-11,16H,8H2,1-3H3. The molecule has 17 heavy (non-hydrogen) atoms.